The number of hydrogen-bond acceptors (Lipinski definition) is 3. The molecule has 1 aromatic heterocycles. The van der Waals surface area contributed by atoms with Crippen LogP contribution in [0.15, 0.2) is 15.9 Å². The predicted octanol–water partition coefficient (Wildman–Crippen LogP) is 2.72. The van der Waals surface area contributed by atoms with Crippen molar-refractivity contribution < 1.29 is 9.90 Å². The van der Waals surface area contributed by atoms with E-state index in [0.29, 0.717) is 6.42 Å². The zero-order chi connectivity index (χ0) is 12.7. The van der Waals surface area contributed by atoms with Gasteiger partial charge in [0.1, 0.15) is 0 Å². The van der Waals surface area contributed by atoms with Crippen LogP contribution in [0.5, 0.6) is 0 Å². The molecule has 0 spiro atoms. The first kappa shape index (κ1) is 14.7. The lowest BCUT2D eigenvalue weighted by Gasteiger charge is -2.13. The summed E-state index contributed by atoms with van der Waals surface area (Å²) in [6, 6.07) is 4.01. The van der Waals surface area contributed by atoms with E-state index in [2.05, 4.69) is 27.3 Å². The summed E-state index contributed by atoms with van der Waals surface area (Å²) in [7, 11) is 0. The molecule has 0 aliphatic rings. The van der Waals surface area contributed by atoms with Crippen molar-refractivity contribution in [2.45, 2.75) is 38.6 Å². The number of hydrogen-bond donors (Lipinski definition) is 2. The lowest BCUT2D eigenvalue weighted by molar-refractivity contribution is -0.122. The third-order valence-corrected chi connectivity index (χ3v) is 4.22. The first-order valence-corrected chi connectivity index (χ1v) is 7.41. The van der Waals surface area contributed by atoms with E-state index in [4.69, 9.17) is 5.11 Å². The van der Waals surface area contributed by atoms with Gasteiger partial charge in [-0.2, -0.15) is 0 Å². The predicted molar refractivity (Wildman–Crippen MR) is 74.3 cm³/mol. The topological polar surface area (TPSA) is 49.3 Å². The molecule has 0 saturated heterocycles. The van der Waals surface area contributed by atoms with Crippen LogP contribution in [0.3, 0.4) is 0 Å². The molecule has 2 N–H and O–H groups in total. The fourth-order valence-electron chi connectivity index (χ4n) is 1.49. The Hall–Kier alpha value is -0.390. The lowest BCUT2D eigenvalue weighted by Crippen LogP contribution is -2.36. The van der Waals surface area contributed by atoms with Crippen molar-refractivity contribution in [3.63, 3.8) is 0 Å². The van der Waals surface area contributed by atoms with Gasteiger partial charge in [0.25, 0.3) is 0 Å². The summed E-state index contributed by atoms with van der Waals surface area (Å²) >= 11 is 5.12. The van der Waals surface area contributed by atoms with Crippen LogP contribution in [0, 0.1) is 0 Å². The summed E-state index contributed by atoms with van der Waals surface area (Å²) in [6.45, 7) is 1.96. The normalized spacial score (nSPS) is 12.4. The monoisotopic (exact) mass is 319 g/mol. The average molecular weight is 320 g/mol. The first-order valence-electron chi connectivity index (χ1n) is 5.80. The van der Waals surface area contributed by atoms with E-state index in [1.165, 1.54) is 4.88 Å². The number of aliphatic hydroxyl groups is 1. The minimum atomic E-state index is -0.0987. The van der Waals surface area contributed by atoms with Crippen molar-refractivity contribution in [3.05, 3.63) is 20.8 Å². The molecule has 1 amide bonds. The molecule has 0 aromatic carbocycles. The molecular formula is C12H18BrNO2S. The maximum absolute atomic E-state index is 11.5. The smallest absolute Gasteiger partial charge is 0.220 e. The van der Waals surface area contributed by atoms with Gasteiger partial charge in [-0.1, -0.05) is 6.92 Å². The van der Waals surface area contributed by atoms with Crippen LogP contribution in [-0.4, -0.2) is 23.7 Å². The molecule has 0 saturated carbocycles. The lowest BCUT2D eigenvalue weighted by atomic mass is 10.2. The molecule has 1 aromatic rings. The van der Waals surface area contributed by atoms with Crippen LogP contribution in [-0.2, 0) is 11.2 Å². The van der Waals surface area contributed by atoms with Gasteiger partial charge in [-0.15, -0.1) is 11.3 Å². The van der Waals surface area contributed by atoms with E-state index in [-0.39, 0.29) is 18.6 Å². The number of carbonyl (C=O) groups is 1. The number of aliphatic hydroxyl groups excluding tert-OH is 1. The molecule has 96 valence electrons. The number of thiophene rings is 1. The van der Waals surface area contributed by atoms with Crippen LogP contribution < -0.4 is 5.32 Å². The Balaban J connectivity index is 2.20. The van der Waals surface area contributed by atoms with Gasteiger partial charge in [0, 0.05) is 11.3 Å². The number of nitrogens with one attached hydrogen (secondary N) is 1. The van der Waals surface area contributed by atoms with Gasteiger partial charge in [-0.3, -0.25) is 4.79 Å². The van der Waals surface area contributed by atoms with Crippen molar-refractivity contribution in [3.8, 4) is 0 Å². The Bertz CT molecular complexity index is 350. The Morgan fingerprint density at radius 3 is 2.88 bits per heavy atom. The highest BCUT2D eigenvalue weighted by Gasteiger charge is 2.08. The molecule has 1 atom stereocenters. The Labute approximate surface area is 114 Å². The van der Waals surface area contributed by atoms with Crippen LogP contribution in [0.4, 0.5) is 0 Å². The molecule has 0 fully saturated rings. The minimum absolute atomic E-state index is 0.0140. The molecule has 1 unspecified atom stereocenters. The first-order chi connectivity index (χ1) is 8.15. The van der Waals surface area contributed by atoms with Crippen LogP contribution >= 0.6 is 27.3 Å². The summed E-state index contributed by atoms with van der Waals surface area (Å²) in [5.41, 5.74) is 0. The molecule has 1 rings (SSSR count). The third kappa shape index (κ3) is 5.66. The van der Waals surface area contributed by atoms with E-state index < -0.39 is 0 Å². The Morgan fingerprint density at radius 1 is 1.59 bits per heavy atom. The summed E-state index contributed by atoms with van der Waals surface area (Å²) in [4.78, 5) is 12.8. The van der Waals surface area contributed by atoms with Crippen molar-refractivity contribution in [2.24, 2.45) is 0 Å². The molecule has 0 aliphatic heterocycles. The fourth-order valence-corrected chi connectivity index (χ4v) is 3.01. The molecule has 17 heavy (non-hydrogen) atoms. The molecule has 0 radical (unpaired) electrons. The quantitative estimate of drug-likeness (QED) is 0.811. The Morgan fingerprint density at radius 2 is 2.35 bits per heavy atom. The highest BCUT2D eigenvalue weighted by Crippen LogP contribution is 2.23. The molecule has 0 bridgehead atoms. The van der Waals surface area contributed by atoms with Gasteiger partial charge in [-0.25, -0.2) is 0 Å². The van der Waals surface area contributed by atoms with Gasteiger partial charge in [0.2, 0.25) is 5.91 Å². The summed E-state index contributed by atoms with van der Waals surface area (Å²) in [5.74, 6) is 0.0292. The molecular weight excluding hydrogens is 302 g/mol. The second kappa shape index (κ2) is 7.84. The van der Waals surface area contributed by atoms with E-state index >= 15 is 0 Å². The second-order valence-electron chi connectivity index (χ2n) is 3.91. The number of carbonyl (C=O) groups excluding carboxylic acids is 1. The van der Waals surface area contributed by atoms with E-state index in [0.717, 1.165) is 23.0 Å². The third-order valence-electron chi connectivity index (χ3n) is 2.53. The van der Waals surface area contributed by atoms with Gasteiger partial charge in [0.15, 0.2) is 0 Å². The van der Waals surface area contributed by atoms with Gasteiger partial charge < -0.3 is 10.4 Å². The SMILES string of the molecule is CCC(CO)NC(=O)CCCc1ccc(Br)s1. The number of rotatable bonds is 7. The van der Waals surface area contributed by atoms with Gasteiger partial charge in [-0.05, 0) is 47.3 Å². The van der Waals surface area contributed by atoms with Crippen LogP contribution in [0.25, 0.3) is 0 Å². The maximum atomic E-state index is 11.5. The minimum Gasteiger partial charge on any atom is -0.394 e. The largest absolute Gasteiger partial charge is 0.394 e. The number of amides is 1. The van der Waals surface area contributed by atoms with Gasteiger partial charge >= 0.3 is 0 Å². The molecule has 0 aliphatic carbocycles. The van der Waals surface area contributed by atoms with Crippen molar-refractivity contribution in [1.82, 2.24) is 5.32 Å². The number of aryl methyl sites for hydroxylation is 1. The van der Waals surface area contributed by atoms with E-state index in [1.54, 1.807) is 11.3 Å². The molecule has 1 heterocycles. The standard InChI is InChI=1S/C12H18BrNO2S/c1-2-9(8-15)14-12(16)5-3-4-10-6-7-11(13)17-10/h6-7,9,15H,2-5,8H2,1H3,(H,14,16). The zero-order valence-corrected chi connectivity index (χ0v) is 12.3. The highest BCUT2D eigenvalue weighted by molar-refractivity contribution is 9.11. The highest BCUT2D eigenvalue weighted by atomic mass is 79.9. The zero-order valence-electron chi connectivity index (χ0n) is 9.91. The van der Waals surface area contributed by atoms with Crippen LogP contribution in [0.1, 0.15) is 31.1 Å². The van der Waals surface area contributed by atoms with Crippen molar-refractivity contribution in [2.75, 3.05) is 6.61 Å². The summed E-state index contributed by atoms with van der Waals surface area (Å²) < 4.78 is 1.13. The van der Waals surface area contributed by atoms with E-state index in [9.17, 15) is 4.79 Å². The van der Waals surface area contributed by atoms with Gasteiger partial charge in [0.05, 0.1) is 16.4 Å². The molecule has 3 nitrogen and oxygen atoms in total. The van der Waals surface area contributed by atoms with Crippen LogP contribution in [0.2, 0.25) is 0 Å². The maximum Gasteiger partial charge on any atom is 0.220 e. The number of halogens is 1. The average Bonchev–Trinajstić information content (AvgIpc) is 2.72. The van der Waals surface area contributed by atoms with Crippen molar-refractivity contribution in [1.29, 1.82) is 0 Å². The summed E-state index contributed by atoms with van der Waals surface area (Å²) in [6.07, 6.45) is 3.06. The Kier molecular flexibility index (Phi) is 6.77. The van der Waals surface area contributed by atoms with Crippen molar-refractivity contribution >= 4 is 33.2 Å². The second-order valence-corrected chi connectivity index (χ2v) is 6.46. The van der Waals surface area contributed by atoms with E-state index in [1.807, 2.05) is 13.0 Å². The molecule has 5 heteroatoms. The summed E-state index contributed by atoms with van der Waals surface area (Å²) in [5, 5.41) is 11.8. The fraction of sp³-hybridized carbons (Fsp3) is 0.583.